The van der Waals surface area contributed by atoms with Crippen molar-refractivity contribution in [1.29, 1.82) is 0 Å². The van der Waals surface area contributed by atoms with Gasteiger partial charge in [-0.15, -0.1) is 0 Å². The maximum atomic E-state index is 2.63. The molecule has 0 N–H and O–H groups in total. The third-order valence-electron chi connectivity index (χ3n) is 16.4. The van der Waals surface area contributed by atoms with Gasteiger partial charge in [0.1, 0.15) is 0 Å². The molecule has 0 amide bonds. The lowest BCUT2D eigenvalue weighted by Crippen LogP contribution is -2.60. The van der Waals surface area contributed by atoms with Gasteiger partial charge in [0.2, 0.25) is 0 Å². The molecule has 0 saturated heterocycles. The summed E-state index contributed by atoms with van der Waals surface area (Å²) in [6.07, 6.45) is 0. The number of aromatic nitrogens is 2. The van der Waals surface area contributed by atoms with Crippen LogP contribution in [-0.2, 0) is 0 Å². The van der Waals surface area contributed by atoms with Crippen molar-refractivity contribution >= 4 is 124 Å². The minimum atomic E-state index is 0.0317. The molecule has 0 saturated carbocycles. The van der Waals surface area contributed by atoms with Gasteiger partial charge in [-0.3, -0.25) is 0 Å². The molecule has 4 aliphatic heterocycles. The van der Waals surface area contributed by atoms with Gasteiger partial charge < -0.3 is 18.9 Å². The number of nitrogens with zero attached hydrogens (tertiary/aromatic N) is 4. The van der Waals surface area contributed by atoms with E-state index in [4.69, 9.17) is 0 Å². The van der Waals surface area contributed by atoms with E-state index >= 15 is 0 Å². The number of fused-ring (bicyclic) bond motifs is 14. The van der Waals surface area contributed by atoms with Crippen LogP contribution in [-0.4, -0.2) is 22.6 Å². The van der Waals surface area contributed by atoms with E-state index in [9.17, 15) is 0 Å². The van der Waals surface area contributed by atoms with Crippen molar-refractivity contribution in [2.45, 2.75) is 0 Å². The summed E-state index contributed by atoms with van der Waals surface area (Å²) in [6.45, 7) is 0.0633. The largest absolute Gasteiger partial charge is 0.311 e. The predicted octanol–water partition coefficient (Wildman–Crippen LogP) is 12.4. The molecule has 13 aromatic rings. The van der Waals surface area contributed by atoms with E-state index < -0.39 is 0 Å². The summed E-state index contributed by atoms with van der Waals surface area (Å²) >= 11 is 0. The van der Waals surface area contributed by atoms with Gasteiger partial charge in [-0.1, -0.05) is 158 Å². The molecule has 0 fully saturated rings. The van der Waals surface area contributed by atoms with Crippen LogP contribution in [0.5, 0.6) is 0 Å². The normalized spacial score (nSPS) is 13.4. The lowest BCUT2D eigenvalue weighted by molar-refractivity contribution is 1.16. The fourth-order valence-electron chi connectivity index (χ4n) is 13.6. The van der Waals surface area contributed by atoms with Gasteiger partial charge in [0.25, 0.3) is 13.4 Å². The topological polar surface area (TPSA) is 16.3 Å². The van der Waals surface area contributed by atoms with Crippen LogP contribution in [0.2, 0.25) is 0 Å². The van der Waals surface area contributed by atoms with Crippen molar-refractivity contribution < 1.29 is 0 Å². The van der Waals surface area contributed by atoms with E-state index in [1.165, 1.54) is 133 Å². The molecule has 0 unspecified atom stereocenters. The van der Waals surface area contributed by atoms with E-state index in [-0.39, 0.29) is 13.4 Å². The van der Waals surface area contributed by atoms with Gasteiger partial charge in [-0.05, 0) is 140 Å². The minimum absolute atomic E-state index is 0.0317. The molecular formula is C66H40B2N4. The predicted molar refractivity (Wildman–Crippen MR) is 305 cm³/mol. The van der Waals surface area contributed by atoms with Gasteiger partial charge in [0.15, 0.2) is 0 Å². The van der Waals surface area contributed by atoms with Crippen LogP contribution >= 0.6 is 0 Å². The van der Waals surface area contributed by atoms with Crippen LogP contribution in [0.1, 0.15) is 0 Å². The average Bonchev–Trinajstić information content (AvgIpc) is 3.95. The maximum absolute atomic E-state index is 2.63. The second-order valence-corrected chi connectivity index (χ2v) is 20.0. The zero-order valence-electron chi connectivity index (χ0n) is 39.0. The summed E-state index contributed by atoms with van der Waals surface area (Å²) in [6, 6.07) is 91.0. The van der Waals surface area contributed by atoms with Gasteiger partial charge in [-0.2, -0.15) is 0 Å². The Kier molecular flexibility index (Phi) is 7.60. The van der Waals surface area contributed by atoms with Crippen LogP contribution in [0.15, 0.2) is 243 Å². The second kappa shape index (κ2) is 14.2. The first-order chi connectivity index (χ1) is 35.8. The molecule has 6 heterocycles. The molecule has 330 valence electrons. The van der Waals surface area contributed by atoms with E-state index in [0.29, 0.717) is 0 Å². The molecule has 0 atom stereocenters. The minimum Gasteiger partial charge on any atom is -0.311 e. The SMILES string of the molecule is c1ccc(-c2cc3c4c(c2)c2cc5c6cc(-c7ccccc7)cc7c6n(c5cc2n4-c2cccc4c2B3c2ccccc2N4c2ccccc2)-c2cccc3c2B7c2ccccc2N3c2ccccc2)cc1. The Hall–Kier alpha value is -9.25. The summed E-state index contributed by atoms with van der Waals surface area (Å²) < 4.78 is 5.25. The number of hydrogen-bond donors (Lipinski definition) is 0. The Morgan fingerprint density at radius 1 is 0.250 bits per heavy atom. The van der Waals surface area contributed by atoms with Crippen molar-refractivity contribution in [3.8, 4) is 33.6 Å². The Balaban J connectivity index is 1.03. The molecule has 6 heteroatoms. The lowest BCUT2D eigenvalue weighted by atomic mass is 9.33. The maximum Gasteiger partial charge on any atom is 0.252 e. The lowest BCUT2D eigenvalue weighted by Gasteiger charge is -2.40. The van der Waals surface area contributed by atoms with Crippen molar-refractivity contribution in [3.05, 3.63) is 243 Å². The highest BCUT2D eigenvalue weighted by atomic mass is 15.2. The second-order valence-electron chi connectivity index (χ2n) is 20.0. The summed E-state index contributed by atoms with van der Waals surface area (Å²) in [5, 5.41) is 5.09. The Morgan fingerprint density at radius 3 is 1.07 bits per heavy atom. The van der Waals surface area contributed by atoms with Gasteiger partial charge in [0, 0.05) is 78.1 Å². The number of anilines is 6. The van der Waals surface area contributed by atoms with Crippen LogP contribution in [0.3, 0.4) is 0 Å². The van der Waals surface area contributed by atoms with Gasteiger partial charge in [-0.25, -0.2) is 0 Å². The first kappa shape index (κ1) is 38.6. The number of para-hydroxylation sites is 4. The summed E-state index contributed by atoms with van der Waals surface area (Å²) in [5.41, 5.74) is 27.6. The molecule has 0 bridgehead atoms. The highest BCUT2D eigenvalue weighted by Crippen LogP contribution is 2.47. The van der Waals surface area contributed by atoms with E-state index in [1.54, 1.807) is 0 Å². The highest BCUT2D eigenvalue weighted by Gasteiger charge is 2.44. The molecule has 0 spiro atoms. The van der Waals surface area contributed by atoms with Crippen LogP contribution in [0.25, 0.3) is 77.2 Å². The zero-order chi connectivity index (χ0) is 46.8. The number of benzene rings is 11. The number of hydrogen-bond acceptors (Lipinski definition) is 2. The zero-order valence-corrected chi connectivity index (χ0v) is 39.0. The fourth-order valence-corrected chi connectivity index (χ4v) is 13.6. The standard InChI is InChI=1S/C66H40B2N4/c1-5-19-41(20-6-1)43-35-49-47-39-48-50-36-44(42-21-7-2-8-22-42)38-54-66(50)72(60-34-18-32-58-64(60)68(54)52-28-14-16-30-56(52)70(58)46-25-11-4-12-26-46)62(48)40-61(47)71-59-33-17-31-57-63(59)67(53(37-43)65(49)71)51-27-13-15-29-55(51)69(57)45-23-9-3-10-24-45/h1-40H. The average molecular weight is 911 g/mol. The highest BCUT2D eigenvalue weighted by molar-refractivity contribution is 7.01. The quantitative estimate of drug-likeness (QED) is 0.164. The smallest absolute Gasteiger partial charge is 0.252 e. The molecule has 4 nitrogen and oxygen atoms in total. The van der Waals surface area contributed by atoms with Crippen molar-refractivity contribution in [2.75, 3.05) is 9.80 Å². The summed E-state index contributed by atoms with van der Waals surface area (Å²) in [4.78, 5) is 4.97. The van der Waals surface area contributed by atoms with Crippen LogP contribution in [0.4, 0.5) is 34.1 Å². The Bertz CT molecular complexity index is 4180. The Labute approximate surface area is 417 Å². The molecule has 0 aliphatic carbocycles. The third kappa shape index (κ3) is 4.98. The van der Waals surface area contributed by atoms with E-state index in [1.807, 2.05) is 0 Å². The number of rotatable bonds is 4. The van der Waals surface area contributed by atoms with Crippen molar-refractivity contribution in [1.82, 2.24) is 9.13 Å². The molecule has 17 rings (SSSR count). The monoisotopic (exact) mass is 910 g/mol. The van der Waals surface area contributed by atoms with Crippen LogP contribution in [0, 0.1) is 0 Å². The molecule has 2 aromatic heterocycles. The van der Waals surface area contributed by atoms with Gasteiger partial charge in [0.05, 0.1) is 11.0 Å². The summed E-state index contributed by atoms with van der Waals surface area (Å²) in [7, 11) is 0. The third-order valence-corrected chi connectivity index (χ3v) is 16.4. The van der Waals surface area contributed by atoms with Crippen molar-refractivity contribution in [3.63, 3.8) is 0 Å². The fraction of sp³-hybridized carbons (Fsp3) is 0. The molecule has 11 aromatic carbocycles. The molecule has 0 radical (unpaired) electrons. The molecular weight excluding hydrogens is 870 g/mol. The Morgan fingerprint density at radius 2 is 0.625 bits per heavy atom. The van der Waals surface area contributed by atoms with E-state index in [2.05, 4.69) is 262 Å². The van der Waals surface area contributed by atoms with Gasteiger partial charge >= 0.3 is 0 Å². The molecule has 4 aliphatic rings. The first-order valence-corrected chi connectivity index (χ1v) is 25.2. The summed E-state index contributed by atoms with van der Waals surface area (Å²) in [5.74, 6) is 0. The van der Waals surface area contributed by atoms with Crippen molar-refractivity contribution in [2.24, 2.45) is 0 Å². The molecule has 72 heavy (non-hydrogen) atoms. The first-order valence-electron chi connectivity index (χ1n) is 25.2. The van der Waals surface area contributed by atoms with E-state index in [0.717, 1.165) is 11.4 Å². The van der Waals surface area contributed by atoms with Crippen LogP contribution < -0.4 is 42.6 Å².